The van der Waals surface area contributed by atoms with Gasteiger partial charge in [-0.15, -0.1) is 0 Å². The molecule has 3 nitrogen and oxygen atoms in total. The topological polar surface area (TPSA) is 46.3 Å². The molecule has 1 atom stereocenters. The second kappa shape index (κ2) is 6.35. The van der Waals surface area contributed by atoms with E-state index in [1.165, 1.54) is 6.07 Å². The molecule has 0 heterocycles. The molecule has 1 saturated carbocycles. The molecule has 1 unspecified atom stereocenters. The van der Waals surface area contributed by atoms with Gasteiger partial charge in [0.1, 0.15) is 5.82 Å². The molecule has 2 rings (SSSR count). The standard InChI is InChI=1S/C16H23FN2O/c1-11(14-5-3-4-6-15(14)17)19(2)16(20)12-7-9-13(18)10-8-12/h3-6,11-13H,7-10,18H2,1-2H3. The second-order valence-electron chi connectivity index (χ2n) is 5.76. The van der Waals surface area contributed by atoms with Gasteiger partial charge in [0.05, 0.1) is 6.04 Å². The van der Waals surface area contributed by atoms with Crippen molar-refractivity contribution in [3.8, 4) is 0 Å². The van der Waals surface area contributed by atoms with Crippen molar-refractivity contribution in [2.45, 2.75) is 44.7 Å². The van der Waals surface area contributed by atoms with E-state index in [0.29, 0.717) is 5.56 Å². The highest BCUT2D eigenvalue weighted by Gasteiger charge is 2.29. The van der Waals surface area contributed by atoms with Crippen molar-refractivity contribution in [1.29, 1.82) is 0 Å². The summed E-state index contributed by atoms with van der Waals surface area (Å²) >= 11 is 0. The summed E-state index contributed by atoms with van der Waals surface area (Å²) in [6, 6.07) is 6.61. The Bertz CT molecular complexity index is 469. The molecule has 1 aromatic rings. The van der Waals surface area contributed by atoms with Crippen LogP contribution in [0.15, 0.2) is 24.3 Å². The van der Waals surface area contributed by atoms with Gasteiger partial charge in [-0.3, -0.25) is 4.79 Å². The van der Waals surface area contributed by atoms with Gasteiger partial charge < -0.3 is 10.6 Å². The van der Waals surface area contributed by atoms with Crippen LogP contribution in [-0.2, 0) is 4.79 Å². The lowest BCUT2D eigenvalue weighted by molar-refractivity contribution is -0.137. The largest absolute Gasteiger partial charge is 0.339 e. The maximum atomic E-state index is 13.8. The minimum absolute atomic E-state index is 0.0361. The van der Waals surface area contributed by atoms with Crippen LogP contribution < -0.4 is 5.73 Å². The molecule has 0 bridgehead atoms. The van der Waals surface area contributed by atoms with Crippen LogP contribution in [0.25, 0.3) is 0 Å². The third kappa shape index (κ3) is 3.18. The highest BCUT2D eigenvalue weighted by atomic mass is 19.1. The number of carbonyl (C=O) groups excluding carboxylic acids is 1. The first kappa shape index (κ1) is 15.0. The fraction of sp³-hybridized carbons (Fsp3) is 0.562. The maximum absolute atomic E-state index is 13.8. The summed E-state index contributed by atoms with van der Waals surface area (Å²) in [6.45, 7) is 1.87. The molecule has 1 amide bonds. The second-order valence-corrected chi connectivity index (χ2v) is 5.76. The monoisotopic (exact) mass is 278 g/mol. The van der Waals surface area contributed by atoms with Crippen LogP contribution in [0.3, 0.4) is 0 Å². The molecule has 4 heteroatoms. The fourth-order valence-corrected chi connectivity index (χ4v) is 2.87. The smallest absolute Gasteiger partial charge is 0.225 e. The SMILES string of the molecule is CC(c1ccccc1F)N(C)C(=O)C1CCC(N)CC1. The van der Waals surface area contributed by atoms with Crippen molar-refractivity contribution in [3.63, 3.8) is 0 Å². The Labute approximate surface area is 120 Å². The number of nitrogens with two attached hydrogens (primary N) is 1. The van der Waals surface area contributed by atoms with Gasteiger partial charge in [-0.1, -0.05) is 18.2 Å². The quantitative estimate of drug-likeness (QED) is 0.924. The van der Waals surface area contributed by atoms with E-state index in [-0.39, 0.29) is 29.7 Å². The lowest BCUT2D eigenvalue weighted by Gasteiger charge is -2.32. The van der Waals surface area contributed by atoms with E-state index in [2.05, 4.69) is 0 Å². The molecule has 1 fully saturated rings. The zero-order chi connectivity index (χ0) is 14.7. The van der Waals surface area contributed by atoms with E-state index >= 15 is 0 Å². The average molecular weight is 278 g/mol. The van der Waals surface area contributed by atoms with Crippen molar-refractivity contribution < 1.29 is 9.18 Å². The summed E-state index contributed by atoms with van der Waals surface area (Å²) < 4.78 is 13.8. The Kier molecular flexibility index (Phi) is 4.76. The Hall–Kier alpha value is -1.42. The maximum Gasteiger partial charge on any atom is 0.225 e. The van der Waals surface area contributed by atoms with Crippen molar-refractivity contribution in [3.05, 3.63) is 35.6 Å². The van der Waals surface area contributed by atoms with Gasteiger partial charge in [-0.05, 0) is 38.7 Å². The Morgan fingerprint density at radius 1 is 1.30 bits per heavy atom. The third-order valence-electron chi connectivity index (χ3n) is 4.40. The van der Waals surface area contributed by atoms with Crippen LogP contribution in [0.1, 0.15) is 44.2 Å². The molecule has 20 heavy (non-hydrogen) atoms. The third-order valence-corrected chi connectivity index (χ3v) is 4.40. The fourth-order valence-electron chi connectivity index (χ4n) is 2.87. The van der Waals surface area contributed by atoms with Gasteiger partial charge in [0.15, 0.2) is 0 Å². The van der Waals surface area contributed by atoms with Gasteiger partial charge in [0.25, 0.3) is 0 Å². The molecule has 0 spiro atoms. The molecule has 2 N–H and O–H groups in total. The van der Waals surface area contributed by atoms with Crippen LogP contribution in [0.2, 0.25) is 0 Å². The molecule has 0 aliphatic heterocycles. The van der Waals surface area contributed by atoms with Crippen LogP contribution in [0.5, 0.6) is 0 Å². The van der Waals surface area contributed by atoms with Crippen molar-refractivity contribution in [2.24, 2.45) is 11.7 Å². The summed E-state index contributed by atoms with van der Waals surface area (Å²) in [4.78, 5) is 14.2. The van der Waals surface area contributed by atoms with E-state index in [1.54, 1.807) is 30.1 Å². The Balaban J connectivity index is 2.05. The molecular weight excluding hydrogens is 255 g/mol. The molecule has 0 radical (unpaired) electrons. The Morgan fingerprint density at radius 3 is 2.50 bits per heavy atom. The Morgan fingerprint density at radius 2 is 1.90 bits per heavy atom. The first-order valence-electron chi connectivity index (χ1n) is 7.27. The molecule has 1 aliphatic carbocycles. The van der Waals surface area contributed by atoms with Crippen LogP contribution in [0.4, 0.5) is 4.39 Å². The first-order valence-corrected chi connectivity index (χ1v) is 7.27. The number of carbonyl (C=O) groups is 1. The predicted octanol–water partition coefficient (Wildman–Crippen LogP) is 2.86. The number of halogens is 1. The van der Waals surface area contributed by atoms with Crippen LogP contribution >= 0.6 is 0 Å². The van der Waals surface area contributed by atoms with E-state index < -0.39 is 0 Å². The highest BCUT2D eigenvalue weighted by molar-refractivity contribution is 5.79. The van der Waals surface area contributed by atoms with Gasteiger partial charge in [0, 0.05) is 24.6 Å². The zero-order valence-electron chi connectivity index (χ0n) is 12.2. The van der Waals surface area contributed by atoms with E-state index in [1.807, 2.05) is 6.92 Å². The lowest BCUT2D eigenvalue weighted by Crippen LogP contribution is -2.38. The molecule has 110 valence electrons. The number of amides is 1. The van der Waals surface area contributed by atoms with Crippen LogP contribution in [-0.4, -0.2) is 23.9 Å². The van der Waals surface area contributed by atoms with Gasteiger partial charge in [-0.25, -0.2) is 4.39 Å². The number of hydrogen-bond donors (Lipinski definition) is 1. The summed E-state index contributed by atoms with van der Waals surface area (Å²) in [7, 11) is 1.76. The number of rotatable bonds is 3. The minimum Gasteiger partial charge on any atom is -0.339 e. The molecule has 0 saturated heterocycles. The molecule has 1 aliphatic rings. The van der Waals surface area contributed by atoms with Gasteiger partial charge in [-0.2, -0.15) is 0 Å². The molecule has 0 aromatic heterocycles. The number of hydrogen-bond acceptors (Lipinski definition) is 2. The van der Waals surface area contributed by atoms with Crippen molar-refractivity contribution in [2.75, 3.05) is 7.05 Å². The molecular formula is C16H23FN2O. The van der Waals surface area contributed by atoms with Gasteiger partial charge in [0.2, 0.25) is 5.91 Å². The summed E-state index contributed by atoms with van der Waals surface area (Å²) in [5.41, 5.74) is 6.44. The normalized spacial score (nSPS) is 24.2. The minimum atomic E-state index is -0.259. The zero-order valence-corrected chi connectivity index (χ0v) is 12.2. The van der Waals surface area contributed by atoms with Crippen molar-refractivity contribution in [1.82, 2.24) is 4.90 Å². The predicted molar refractivity (Wildman–Crippen MR) is 77.5 cm³/mol. The summed E-state index contributed by atoms with van der Waals surface area (Å²) in [5, 5.41) is 0. The van der Waals surface area contributed by atoms with E-state index in [9.17, 15) is 9.18 Å². The average Bonchev–Trinajstić information content (AvgIpc) is 2.46. The van der Waals surface area contributed by atoms with Crippen molar-refractivity contribution >= 4 is 5.91 Å². The highest BCUT2D eigenvalue weighted by Crippen LogP contribution is 2.28. The van der Waals surface area contributed by atoms with Crippen LogP contribution in [0, 0.1) is 11.7 Å². The van der Waals surface area contributed by atoms with Gasteiger partial charge >= 0.3 is 0 Å². The van der Waals surface area contributed by atoms with E-state index in [0.717, 1.165) is 25.7 Å². The summed E-state index contributed by atoms with van der Waals surface area (Å²) in [5.74, 6) is -0.119. The molecule has 1 aromatic carbocycles. The first-order chi connectivity index (χ1) is 9.50. The lowest BCUT2D eigenvalue weighted by atomic mass is 9.85. The number of benzene rings is 1. The van der Waals surface area contributed by atoms with E-state index in [4.69, 9.17) is 5.73 Å². The summed E-state index contributed by atoms with van der Waals surface area (Å²) in [6.07, 6.45) is 3.49. The number of nitrogens with zero attached hydrogens (tertiary/aromatic N) is 1.